The summed E-state index contributed by atoms with van der Waals surface area (Å²) in [7, 11) is 0. The zero-order chi connectivity index (χ0) is 19.7. The molecule has 2 fully saturated rings. The van der Waals surface area contributed by atoms with Gasteiger partial charge in [-0.1, -0.05) is 35.0 Å². The number of carbonyl (C=O) groups excluding carboxylic acids is 2. The van der Waals surface area contributed by atoms with Crippen LogP contribution in [0.15, 0.2) is 28.8 Å². The van der Waals surface area contributed by atoms with Crippen LogP contribution < -0.4 is 0 Å². The fraction of sp³-hybridized carbons (Fsp3) is 0.450. The van der Waals surface area contributed by atoms with Crippen LogP contribution in [0.25, 0.3) is 11.3 Å². The molecule has 3 heterocycles. The number of carbonyl (C=O) groups is 2. The number of ether oxygens (including phenoxy) is 1. The Kier molecular flexibility index (Phi) is 5.37. The van der Waals surface area contributed by atoms with Crippen molar-refractivity contribution in [1.29, 1.82) is 0 Å². The molecule has 0 radical (unpaired) electrons. The van der Waals surface area contributed by atoms with Crippen molar-refractivity contribution in [2.75, 3.05) is 32.8 Å². The van der Waals surface area contributed by atoms with Crippen molar-refractivity contribution in [3.05, 3.63) is 40.6 Å². The molecule has 4 rings (SSSR count). The van der Waals surface area contributed by atoms with Gasteiger partial charge in [0, 0.05) is 38.3 Å². The van der Waals surface area contributed by atoms with Crippen molar-refractivity contribution in [2.24, 2.45) is 0 Å². The molecule has 2 aromatic rings. The summed E-state index contributed by atoms with van der Waals surface area (Å²) in [6, 6.07) is 7.23. The van der Waals surface area contributed by atoms with Crippen LogP contribution >= 0.6 is 11.6 Å². The number of rotatable bonds is 3. The van der Waals surface area contributed by atoms with E-state index < -0.39 is 0 Å². The second-order valence-electron chi connectivity index (χ2n) is 7.06. The molecule has 0 N–H and O–H groups in total. The third-order valence-corrected chi connectivity index (χ3v) is 5.62. The summed E-state index contributed by atoms with van der Waals surface area (Å²) in [6.07, 6.45) is 1.38. The number of amides is 2. The van der Waals surface area contributed by atoms with Gasteiger partial charge in [0.05, 0.1) is 5.02 Å². The highest BCUT2D eigenvalue weighted by atomic mass is 35.5. The average molecular weight is 404 g/mol. The van der Waals surface area contributed by atoms with Crippen LogP contribution in [0.4, 0.5) is 0 Å². The maximum atomic E-state index is 13.2. The molecule has 1 aromatic heterocycles. The number of hydrogen-bond acceptors (Lipinski definition) is 5. The highest BCUT2D eigenvalue weighted by Crippen LogP contribution is 2.32. The van der Waals surface area contributed by atoms with Crippen LogP contribution in [0.1, 0.15) is 29.0 Å². The van der Waals surface area contributed by atoms with Gasteiger partial charge < -0.3 is 19.1 Å². The lowest BCUT2D eigenvalue weighted by Crippen LogP contribution is -2.52. The molecule has 2 saturated heterocycles. The Balaban J connectivity index is 1.48. The number of halogens is 1. The van der Waals surface area contributed by atoms with Crippen LogP contribution in [0.3, 0.4) is 0 Å². The zero-order valence-electron chi connectivity index (χ0n) is 15.7. The van der Waals surface area contributed by atoms with Crippen LogP contribution in [0.5, 0.6) is 0 Å². The SMILES string of the molecule is Cc1onc(-c2ccccc2Cl)c1C(=O)N1CCN(C(=O)C2CCCO2)CC1. The third-order valence-electron chi connectivity index (χ3n) is 5.29. The van der Waals surface area contributed by atoms with E-state index in [2.05, 4.69) is 5.16 Å². The van der Waals surface area contributed by atoms with Gasteiger partial charge >= 0.3 is 0 Å². The van der Waals surface area contributed by atoms with Gasteiger partial charge in [-0.05, 0) is 25.8 Å². The van der Waals surface area contributed by atoms with Gasteiger partial charge in [-0.25, -0.2) is 0 Å². The number of benzene rings is 1. The molecular weight excluding hydrogens is 382 g/mol. The lowest BCUT2D eigenvalue weighted by molar-refractivity contribution is -0.142. The first-order valence-corrected chi connectivity index (χ1v) is 9.85. The van der Waals surface area contributed by atoms with Crippen molar-refractivity contribution in [1.82, 2.24) is 15.0 Å². The molecule has 0 aliphatic carbocycles. The summed E-state index contributed by atoms with van der Waals surface area (Å²) in [5.41, 5.74) is 1.54. The Labute approximate surface area is 168 Å². The number of hydrogen-bond donors (Lipinski definition) is 0. The maximum Gasteiger partial charge on any atom is 0.259 e. The number of nitrogens with zero attached hydrogens (tertiary/aromatic N) is 3. The van der Waals surface area contributed by atoms with Gasteiger partial charge in [0.2, 0.25) is 0 Å². The second-order valence-corrected chi connectivity index (χ2v) is 7.47. The second kappa shape index (κ2) is 7.93. The molecule has 0 saturated carbocycles. The first-order chi connectivity index (χ1) is 13.6. The van der Waals surface area contributed by atoms with E-state index in [0.29, 0.717) is 60.4 Å². The molecule has 2 amide bonds. The van der Waals surface area contributed by atoms with Gasteiger partial charge in [0.25, 0.3) is 11.8 Å². The van der Waals surface area contributed by atoms with E-state index in [1.165, 1.54) is 0 Å². The molecule has 1 aromatic carbocycles. The fourth-order valence-electron chi connectivity index (χ4n) is 3.73. The van der Waals surface area contributed by atoms with Gasteiger partial charge in [-0.2, -0.15) is 0 Å². The van der Waals surface area contributed by atoms with Crippen molar-refractivity contribution in [3.63, 3.8) is 0 Å². The molecule has 148 valence electrons. The van der Waals surface area contributed by atoms with E-state index in [9.17, 15) is 9.59 Å². The maximum absolute atomic E-state index is 13.2. The van der Waals surface area contributed by atoms with Crippen molar-refractivity contribution >= 4 is 23.4 Å². The van der Waals surface area contributed by atoms with Crippen LogP contribution in [-0.4, -0.2) is 65.7 Å². The van der Waals surface area contributed by atoms with Gasteiger partial charge in [-0.15, -0.1) is 0 Å². The average Bonchev–Trinajstić information content (AvgIpc) is 3.37. The molecular formula is C20H22ClN3O4. The predicted octanol–water partition coefficient (Wildman–Crippen LogP) is 2.77. The highest BCUT2D eigenvalue weighted by molar-refractivity contribution is 6.33. The molecule has 0 spiro atoms. The highest BCUT2D eigenvalue weighted by Gasteiger charge is 2.33. The monoisotopic (exact) mass is 403 g/mol. The molecule has 8 heteroatoms. The minimum atomic E-state index is -0.325. The van der Waals surface area contributed by atoms with E-state index in [4.69, 9.17) is 20.9 Å². The quantitative estimate of drug-likeness (QED) is 0.787. The molecule has 0 bridgehead atoms. The number of aromatic nitrogens is 1. The van der Waals surface area contributed by atoms with E-state index in [1.807, 2.05) is 18.2 Å². The summed E-state index contributed by atoms with van der Waals surface area (Å²) in [5, 5.41) is 4.58. The van der Waals surface area contributed by atoms with E-state index in [1.54, 1.807) is 22.8 Å². The minimum absolute atomic E-state index is 0.0301. The smallest absolute Gasteiger partial charge is 0.259 e. The topological polar surface area (TPSA) is 75.9 Å². The first kappa shape index (κ1) is 19.0. The minimum Gasteiger partial charge on any atom is -0.368 e. The standard InChI is InChI=1S/C20H22ClN3O4/c1-13-17(18(22-28-13)14-5-2-3-6-15(14)21)20(26)24-10-8-23(9-11-24)19(25)16-7-4-12-27-16/h2-3,5-6,16H,4,7-12H2,1H3. The summed E-state index contributed by atoms with van der Waals surface area (Å²) in [4.78, 5) is 29.2. The molecule has 7 nitrogen and oxygen atoms in total. The Bertz CT molecular complexity index is 883. The largest absolute Gasteiger partial charge is 0.368 e. The normalized spacial score (nSPS) is 19.9. The van der Waals surface area contributed by atoms with Crippen LogP contribution in [0, 0.1) is 6.92 Å². The molecule has 1 unspecified atom stereocenters. The summed E-state index contributed by atoms with van der Waals surface area (Å²) >= 11 is 6.28. The van der Waals surface area contributed by atoms with Crippen LogP contribution in [0.2, 0.25) is 5.02 Å². The van der Waals surface area contributed by atoms with E-state index >= 15 is 0 Å². The molecule has 2 aliphatic rings. The number of piperazine rings is 1. The summed E-state index contributed by atoms with van der Waals surface area (Å²) < 4.78 is 10.8. The van der Waals surface area contributed by atoms with E-state index in [-0.39, 0.29) is 17.9 Å². The van der Waals surface area contributed by atoms with Gasteiger partial charge in [0.15, 0.2) is 0 Å². The van der Waals surface area contributed by atoms with Gasteiger partial charge in [0.1, 0.15) is 23.1 Å². The Hall–Kier alpha value is -2.38. The van der Waals surface area contributed by atoms with E-state index in [0.717, 1.165) is 12.8 Å². The molecule has 1 atom stereocenters. The Morgan fingerprint density at radius 2 is 1.86 bits per heavy atom. The lowest BCUT2D eigenvalue weighted by Gasteiger charge is -2.35. The zero-order valence-corrected chi connectivity index (χ0v) is 16.4. The predicted molar refractivity (Wildman–Crippen MR) is 103 cm³/mol. The van der Waals surface area contributed by atoms with Crippen molar-refractivity contribution < 1.29 is 18.8 Å². The Morgan fingerprint density at radius 1 is 1.14 bits per heavy atom. The van der Waals surface area contributed by atoms with Crippen molar-refractivity contribution in [3.8, 4) is 11.3 Å². The third kappa shape index (κ3) is 3.52. The lowest BCUT2D eigenvalue weighted by atomic mass is 10.0. The molecule has 28 heavy (non-hydrogen) atoms. The number of aryl methyl sites for hydroxylation is 1. The molecule has 2 aliphatic heterocycles. The Morgan fingerprint density at radius 3 is 2.54 bits per heavy atom. The fourth-order valence-corrected chi connectivity index (χ4v) is 3.95. The summed E-state index contributed by atoms with van der Waals surface area (Å²) in [6.45, 7) is 4.28. The van der Waals surface area contributed by atoms with Crippen molar-refractivity contribution in [2.45, 2.75) is 25.9 Å². The first-order valence-electron chi connectivity index (χ1n) is 9.47. The van der Waals surface area contributed by atoms with Gasteiger partial charge in [-0.3, -0.25) is 9.59 Å². The summed E-state index contributed by atoms with van der Waals surface area (Å²) in [5.74, 6) is 0.332. The van der Waals surface area contributed by atoms with Crippen LogP contribution in [-0.2, 0) is 9.53 Å².